The number of H-pyrrole nitrogens is 1. The SMILES string of the molecule is O=C(CF)Oc1c[nH]c2cccnc12. The van der Waals surface area contributed by atoms with Gasteiger partial charge in [0.1, 0.15) is 5.52 Å². The highest BCUT2D eigenvalue weighted by Crippen LogP contribution is 2.22. The van der Waals surface area contributed by atoms with Gasteiger partial charge in [0.25, 0.3) is 0 Å². The molecule has 2 aromatic rings. The highest BCUT2D eigenvalue weighted by Gasteiger charge is 2.09. The molecule has 0 saturated heterocycles. The lowest BCUT2D eigenvalue weighted by molar-refractivity contribution is -0.135. The molecule has 1 N–H and O–H groups in total. The van der Waals surface area contributed by atoms with Crippen molar-refractivity contribution >= 4 is 17.0 Å². The highest BCUT2D eigenvalue weighted by atomic mass is 19.1. The summed E-state index contributed by atoms with van der Waals surface area (Å²) in [6.07, 6.45) is 3.05. The van der Waals surface area contributed by atoms with Crippen LogP contribution in [0.5, 0.6) is 5.75 Å². The van der Waals surface area contributed by atoms with Crippen molar-refractivity contribution in [2.75, 3.05) is 6.67 Å². The molecule has 0 saturated carbocycles. The molecule has 4 nitrogen and oxygen atoms in total. The Hall–Kier alpha value is -1.91. The number of nitrogens with zero attached hydrogens (tertiary/aromatic N) is 1. The van der Waals surface area contributed by atoms with Crippen LogP contribution in [0.1, 0.15) is 0 Å². The van der Waals surface area contributed by atoms with Gasteiger partial charge in [-0.1, -0.05) is 0 Å². The summed E-state index contributed by atoms with van der Waals surface area (Å²) in [5.74, 6) is -0.667. The third-order valence-corrected chi connectivity index (χ3v) is 1.73. The number of aromatic amines is 1. The summed E-state index contributed by atoms with van der Waals surface area (Å²) in [7, 11) is 0. The fourth-order valence-electron chi connectivity index (χ4n) is 1.16. The van der Waals surface area contributed by atoms with E-state index in [2.05, 4.69) is 9.97 Å². The molecule has 72 valence electrons. The van der Waals surface area contributed by atoms with Crippen molar-refractivity contribution in [2.24, 2.45) is 0 Å². The lowest BCUT2D eigenvalue weighted by Crippen LogP contribution is -2.09. The number of ether oxygens (including phenoxy) is 1. The molecule has 5 heteroatoms. The Balaban J connectivity index is 2.38. The Labute approximate surface area is 78.7 Å². The lowest BCUT2D eigenvalue weighted by atomic mass is 10.4. The number of carbonyl (C=O) groups is 1. The Bertz CT molecular complexity index is 467. The Morgan fingerprint density at radius 2 is 2.50 bits per heavy atom. The zero-order chi connectivity index (χ0) is 9.97. The van der Waals surface area contributed by atoms with Crippen LogP contribution in [0.25, 0.3) is 11.0 Å². The second-order valence-corrected chi connectivity index (χ2v) is 2.66. The zero-order valence-electron chi connectivity index (χ0n) is 7.16. The van der Waals surface area contributed by atoms with Crippen LogP contribution in [0.4, 0.5) is 4.39 Å². The maximum absolute atomic E-state index is 11.9. The average Bonchev–Trinajstić information content (AvgIpc) is 2.62. The van der Waals surface area contributed by atoms with Gasteiger partial charge in [-0.3, -0.25) is 4.98 Å². The molecular formula is C9H7FN2O2. The fourth-order valence-corrected chi connectivity index (χ4v) is 1.16. The molecule has 0 aromatic carbocycles. The van der Waals surface area contributed by atoms with Crippen LogP contribution >= 0.6 is 0 Å². The van der Waals surface area contributed by atoms with Gasteiger partial charge in [-0.15, -0.1) is 0 Å². The normalized spacial score (nSPS) is 10.4. The molecule has 0 aliphatic rings. The number of alkyl halides is 1. The van der Waals surface area contributed by atoms with Crippen molar-refractivity contribution < 1.29 is 13.9 Å². The third kappa shape index (κ3) is 1.44. The van der Waals surface area contributed by atoms with Crippen LogP contribution in [0.3, 0.4) is 0 Å². The highest BCUT2D eigenvalue weighted by molar-refractivity contribution is 5.85. The summed E-state index contributed by atoms with van der Waals surface area (Å²) in [4.78, 5) is 17.5. The van der Waals surface area contributed by atoms with Crippen LogP contribution in [-0.2, 0) is 4.79 Å². The quantitative estimate of drug-likeness (QED) is 0.736. The maximum atomic E-state index is 11.9. The maximum Gasteiger partial charge on any atom is 0.343 e. The van der Waals surface area contributed by atoms with Crippen LogP contribution in [0, 0.1) is 0 Å². The van der Waals surface area contributed by atoms with E-state index in [0.29, 0.717) is 5.52 Å². The Morgan fingerprint density at radius 1 is 1.64 bits per heavy atom. The van der Waals surface area contributed by atoms with Crippen LogP contribution in [-0.4, -0.2) is 22.6 Å². The van der Waals surface area contributed by atoms with Gasteiger partial charge < -0.3 is 9.72 Å². The number of fused-ring (bicyclic) bond motifs is 1. The van der Waals surface area contributed by atoms with Crippen LogP contribution in [0.15, 0.2) is 24.5 Å². The average molecular weight is 194 g/mol. The van der Waals surface area contributed by atoms with Gasteiger partial charge in [0, 0.05) is 12.4 Å². The minimum Gasteiger partial charge on any atom is -0.421 e. The van der Waals surface area contributed by atoms with E-state index in [1.54, 1.807) is 18.3 Å². The molecule has 0 bridgehead atoms. The summed E-state index contributed by atoms with van der Waals surface area (Å²) < 4.78 is 16.6. The molecule has 0 radical (unpaired) electrons. The van der Waals surface area contributed by atoms with E-state index in [9.17, 15) is 9.18 Å². The summed E-state index contributed by atoms with van der Waals surface area (Å²) >= 11 is 0. The summed E-state index contributed by atoms with van der Waals surface area (Å²) in [5.41, 5.74) is 1.27. The van der Waals surface area contributed by atoms with Crippen molar-refractivity contribution in [1.82, 2.24) is 9.97 Å². The van der Waals surface area contributed by atoms with Crippen molar-refractivity contribution in [3.63, 3.8) is 0 Å². The topological polar surface area (TPSA) is 55.0 Å². The predicted molar refractivity (Wildman–Crippen MR) is 47.7 cm³/mol. The number of nitrogens with one attached hydrogen (secondary N) is 1. The molecule has 2 rings (SSSR count). The van der Waals surface area contributed by atoms with E-state index in [-0.39, 0.29) is 5.75 Å². The first-order valence-electron chi connectivity index (χ1n) is 4.00. The molecule has 0 unspecified atom stereocenters. The van der Waals surface area contributed by atoms with E-state index in [4.69, 9.17) is 4.74 Å². The minimum atomic E-state index is -1.14. The first-order valence-corrected chi connectivity index (χ1v) is 4.00. The van der Waals surface area contributed by atoms with E-state index in [0.717, 1.165) is 5.52 Å². The van der Waals surface area contributed by atoms with Gasteiger partial charge in [0.15, 0.2) is 12.4 Å². The zero-order valence-corrected chi connectivity index (χ0v) is 7.16. The van der Waals surface area contributed by atoms with Gasteiger partial charge in [-0.05, 0) is 12.1 Å². The van der Waals surface area contributed by atoms with E-state index in [1.807, 2.05) is 0 Å². The predicted octanol–water partition coefficient (Wildman–Crippen LogP) is 1.44. The standard InChI is InChI=1S/C9H7FN2O2/c10-4-8(13)14-7-5-12-6-2-1-3-11-9(6)7/h1-3,5,12H,4H2. The molecule has 0 aliphatic heterocycles. The molecule has 0 amide bonds. The lowest BCUT2D eigenvalue weighted by Gasteiger charge is -1.97. The third-order valence-electron chi connectivity index (χ3n) is 1.73. The van der Waals surface area contributed by atoms with Gasteiger partial charge in [-0.2, -0.15) is 0 Å². The van der Waals surface area contributed by atoms with Crippen molar-refractivity contribution in [3.05, 3.63) is 24.5 Å². The summed E-state index contributed by atoms with van der Waals surface area (Å²) in [5, 5.41) is 0. The molecule has 0 spiro atoms. The monoisotopic (exact) mass is 194 g/mol. The number of pyridine rings is 1. The first-order chi connectivity index (χ1) is 6.81. The van der Waals surface area contributed by atoms with Crippen molar-refractivity contribution in [3.8, 4) is 5.75 Å². The Morgan fingerprint density at radius 3 is 3.29 bits per heavy atom. The molecule has 0 atom stereocenters. The van der Waals surface area contributed by atoms with Gasteiger partial charge in [0.05, 0.1) is 5.52 Å². The van der Waals surface area contributed by atoms with E-state index < -0.39 is 12.6 Å². The number of aromatic nitrogens is 2. The minimum absolute atomic E-state index is 0.253. The number of hydrogen-bond donors (Lipinski definition) is 1. The second-order valence-electron chi connectivity index (χ2n) is 2.66. The van der Waals surface area contributed by atoms with Gasteiger partial charge in [-0.25, -0.2) is 9.18 Å². The van der Waals surface area contributed by atoms with E-state index >= 15 is 0 Å². The van der Waals surface area contributed by atoms with Crippen LogP contribution in [0.2, 0.25) is 0 Å². The largest absolute Gasteiger partial charge is 0.421 e. The smallest absolute Gasteiger partial charge is 0.343 e. The number of halogens is 1. The van der Waals surface area contributed by atoms with Gasteiger partial charge >= 0.3 is 5.97 Å². The molecular weight excluding hydrogens is 187 g/mol. The number of rotatable bonds is 2. The number of carbonyl (C=O) groups excluding carboxylic acids is 1. The molecule has 2 heterocycles. The van der Waals surface area contributed by atoms with Crippen LogP contribution < -0.4 is 4.74 Å². The van der Waals surface area contributed by atoms with Gasteiger partial charge in [0.2, 0.25) is 0 Å². The molecule has 0 aliphatic carbocycles. The second kappa shape index (κ2) is 3.45. The van der Waals surface area contributed by atoms with E-state index in [1.165, 1.54) is 6.20 Å². The fraction of sp³-hybridized carbons (Fsp3) is 0.111. The molecule has 2 aromatic heterocycles. The Kier molecular flexibility index (Phi) is 2.14. The first kappa shape index (κ1) is 8.68. The number of esters is 1. The number of hydrogen-bond acceptors (Lipinski definition) is 3. The summed E-state index contributed by atoms with van der Waals surface area (Å²) in [6.45, 7) is -1.14. The molecule has 14 heavy (non-hydrogen) atoms. The molecule has 0 fully saturated rings. The van der Waals surface area contributed by atoms with Crippen molar-refractivity contribution in [1.29, 1.82) is 0 Å². The summed E-state index contributed by atoms with van der Waals surface area (Å²) in [6, 6.07) is 3.54. The van der Waals surface area contributed by atoms with Crippen molar-refractivity contribution in [2.45, 2.75) is 0 Å².